The summed E-state index contributed by atoms with van der Waals surface area (Å²) in [5.41, 5.74) is 1.80. The molecule has 0 bridgehead atoms. The Kier molecular flexibility index (Phi) is 4.92. The van der Waals surface area contributed by atoms with Crippen molar-refractivity contribution < 1.29 is 14.4 Å². The van der Waals surface area contributed by atoms with Gasteiger partial charge in [-0.25, -0.2) is 0 Å². The zero-order valence-corrected chi connectivity index (χ0v) is 11.8. The van der Waals surface area contributed by atoms with Crippen LogP contribution in [-0.4, -0.2) is 31.3 Å². The van der Waals surface area contributed by atoms with Gasteiger partial charge in [0.1, 0.15) is 0 Å². The Bertz CT molecular complexity index is 478. The number of nitrogens with one attached hydrogen (secondary N) is 1. The Balaban J connectivity index is 2.12. The van der Waals surface area contributed by atoms with Gasteiger partial charge in [0.05, 0.1) is 17.6 Å². The highest BCUT2D eigenvalue weighted by Gasteiger charge is 2.25. The number of anilines is 1. The normalized spacial score (nSPS) is 21.9. The Hall–Kier alpha value is -1.66. The van der Waals surface area contributed by atoms with Gasteiger partial charge in [-0.3, -0.25) is 10.1 Å². The molecule has 1 fully saturated rings. The molecule has 110 valence electrons. The van der Waals surface area contributed by atoms with Gasteiger partial charge in [0.2, 0.25) is 0 Å². The van der Waals surface area contributed by atoms with Crippen molar-refractivity contribution in [1.82, 2.24) is 0 Å². The van der Waals surface area contributed by atoms with E-state index in [2.05, 4.69) is 5.32 Å². The first kappa shape index (κ1) is 14.7. The number of hydrogen-bond donors (Lipinski definition) is 1. The fraction of sp³-hybridized carbons (Fsp3) is 0.571. The minimum Gasteiger partial charge on any atom is -0.382 e. The van der Waals surface area contributed by atoms with Gasteiger partial charge in [0.25, 0.3) is 5.69 Å². The van der Waals surface area contributed by atoms with E-state index in [1.165, 1.54) is 6.07 Å². The van der Waals surface area contributed by atoms with Gasteiger partial charge in [-0.05, 0) is 25.3 Å². The summed E-state index contributed by atoms with van der Waals surface area (Å²) in [6, 6.07) is 5.18. The maximum absolute atomic E-state index is 10.8. The van der Waals surface area contributed by atoms with E-state index in [1.807, 2.05) is 0 Å². The van der Waals surface area contributed by atoms with Crippen LogP contribution < -0.4 is 5.32 Å². The highest BCUT2D eigenvalue weighted by atomic mass is 16.6. The SMILES string of the molecule is COCc1cc([N+](=O)[O-])ccc1NC1CCC(OC)C1. The number of non-ortho nitro benzene ring substituents is 1. The molecule has 0 radical (unpaired) electrons. The molecule has 1 aromatic carbocycles. The van der Waals surface area contributed by atoms with Crippen LogP contribution >= 0.6 is 0 Å². The summed E-state index contributed by atoms with van der Waals surface area (Å²) in [6.45, 7) is 0.352. The van der Waals surface area contributed by atoms with Crippen LogP contribution in [0.4, 0.5) is 11.4 Å². The molecule has 6 nitrogen and oxygen atoms in total. The molecule has 1 aliphatic rings. The highest BCUT2D eigenvalue weighted by Crippen LogP contribution is 2.28. The number of rotatable bonds is 6. The smallest absolute Gasteiger partial charge is 0.269 e. The van der Waals surface area contributed by atoms with Crippen LogP contribution in [0, 0.1) is 10.1 Å². The molecule has 1 aromatic rings. The van der Waals surface area contributed by atoms with E-state index in [1.54, 1.807) is 26.4 Å². The summed E-state index contributed by atoms with van der Waals surface area (Å²) in [4.78, 5) is 10.4. The first-order chi connectivity index (χ1) is 9.63. The molecular weight excluding hydrogens is 260 g/mol. The summed E-state index contributed by atoms with van der Waals surface area (Å²) in [5, 5.41) is 14.3. The Morgan fingerprint density at radius 2 is 2.20 bits per heavy atom. The molecule has 2 unspecified atom stereocenters. The molecule has 0 aromatic heterocycles. The molecular formula is C14H20N2O4. The summed E-state index contributed by atoms with van der Waals surface area (Å²) >= 11 is 0. The topological polar surface area (TPSA) is 73.6 Å². The monoisotopic (exact) mass is 280 g/mol. The second-order valence-electron chi connectivity index (χ2n) is 5.04. The largest absolute Gasteiger partial charge is 0.382 e. The van der Waals surface area contributed by atoms with Gasteiger partial charge in [0, 0.05) is 43.6 Å². The van der Waals surface area contributed by atoms with Crippen molar-refractivity contribution in [3.8, 4) is 0 Å². The molecule has 1 saturated carbocycles. The minimum atomic E-state index is -0.389. The number of methoxy groups -OCH3 is 2. The average molecular weight is 280 g/mol. The zero-order chi connectivity index (χ0) is 14.5. The van der Waals surface area contributed by atoms with Crippen molar-refractivity contribution in [2.24, 2.45) is 0 Å². The third kappa shape index (κ3) is 3.46. The summed E-state index contributed by atoms with van der Waals surface area (Å²) in [6.07, 6.45) is 3.35. The molecule has 6 heteroatoms. The molecule has 1 N–H and O–H groups in total. The lowest BCUT2D eigenvalue weighted by Gasteiger charge is -2.17. The summed E-state index contributed by atoms with van der Waals surface area (Å²) in [7, 11) is 3.31. The predicted octanol–water partition coefficient (Wildman–Crippen LogP) is 2.72. The van der Waals surface area contributed by atoms with Crippen LogP contribution in [0.2, 0.25) is 0 Å². The van der Waals surface area contributed by atoms with Crippen LogP contribution in [0.5, 0.6) is 0 Å². The first-order valence-electron chi connectivity index (χ1n) is 6.69. The van der Waals surface area contributed by atoms with Gasteiger partial charge >= 0.3 is 0 Å². The minimum absolute atomic E-state index is 0.0868. The van der Waals surface area contributed by atoms with E-state index < -0.39 is 0 Å². The number of benzene rings is 1. The molecule has 0 saturated heterocycles. The Labute approximate surface area is 118 Å². The predicted molar refractivity (Wildman–Crippen MR) is 75.9 cm³/mol. The third-order valence-electron chi connectivity index (χ3n) is 3.68. The average Bonchev–Trinajstić information content (AvgIpc) is 2.88. The quantitative estimate of drug-likeness (QED) is 0.640. The maximum atomic E-state index is 10.8. The number of nitro groups is 1. The summed E-state index contributed by atoms with van der Waals surface area (Å²) < 4.78 is 10.5. The Morgan fingerprint density at radius 1 is 1.40 bits per heavy atom. The second kappa shape index (κ2) is 6.67. The lowest BCUT2D eigenvalue weighted by atomic mass is 10.1. The van der Waals surface area contributed by atoms with Crippen LogP contribution in [0.1, 0.15) is 24.8 Å². The van der Waals surface area contributed by atoms with E-state index in [9.17, 15) is 10.1 Å². The molecule has 2 atom stereocenters. The highest BCUT2D eigenvalue weighted by molar-refractivity contribution is 5.56. The summed E-state index contributed by atoms with van der Waals surface area (Å²) in [5.74, 6) is 0. The fourth-order valence-corrected chi connectivity index (χ4v) is 2.61. The van der Waals surface area contributed by atoms with Gasteiger partial charge in [-0.1, -0.05) is 0 Å². The third-order valence-corrected chi connectivity index (χ3v) is 3.68. The molecule has 20 heavy (non-hydrogen) atoms. The van der Waals surface area contributed by atoms with Gasteiger partial charge in [-0.2, -0.15) is 0 Å². The van der Waals surface area contributed by atoms with Crippen LogP contribution in [-0.2, 0) is 16.1 Å². The molecule has 1 aliphatic carbocycles. The number of nitro benzene ring substituents is 1. The zero-order valence-electron chi connectivity index (χ0n) is 11.8. The van der Waals surface area contributed by atoms with Crippen molar-refractivity contribution in [3.05, 3.63) is 33.9 Å². The van der Waals surface area contributed by atoms with Crippen LogP contribution in [0.3, 0.4) is 0 Å². The lowest BCUT2D eigenvalue weighted by molar-refractivity contribution is -0.384. The number of nitrogens with zero attached hydrogens (tertiary/aromatic N) is 1. The van der Waals surface area contributed by atoms with E-state index in [0.29, 0.717) is 18.8 Å². The van der Waals surface area contributed by atoms with Crippen LogP contribution in [0.15, 0.2) is 18.2 Å². The molecule has 2 rings (SSSR count). The first-order valence-corrected chi connectivity index (χ1v) is 6.69. The van der Waals surface area contributed by atoms with E-state index in [0.717, 1.165) is 30.5 Å². The molecule has 0 heterocycles. The van der Waals surface area contributed by atoms with Crippen molar-refractivity contribution in [1.29, 1.82) is 0 Å². The van der Waals surface area contributed by atoms with Gasteiger partial charge < -0.3 is 14.8 Å². The van der Waals surface area contributed by atoms with Crippen molar-refractivity contribution >= 4 is 11.4 Å². The fourth-order valence-electron chi connectivity index (χ4n) is 2.61. The van der Waals surface area contributed by atoms with Gasteiger partial charge in [0.15, 0.2) is 0 Å². The van der Waals surface area contributed by atoms with Crippen molar-refractivity contribution in [2.45, 2.75) is 38.0 Å². The number of ether oxygens (including phenoxy) is 2. The van der Waals surface area contributed by atoms with E-state index in [-0.39, 0.29) is 10.6 Å². The van der Waals surface area contributed by atoms with Crippen LogP contribution in [0.25, 0.3) is 0 Å². The lowest BCUT2D eigenvalue weighted by Crippen LogP contribution is -2.18. The number of hydrogen-bond acceptors (Lipinski definition) is 5. The Morgan fingerprint density at radius 3 is 2.80 bits per heavy atom. The van der Waals surface area contributed by atoms with Crippen molar-refractivity contribution in [3.63, 3.8) is 0 Å². The molecule has 0 aliphatic heterocycles. The van der Waals surface area contributed by atoms with Gasteiger partial charge in [-0.15, -0.1) is 0 Å². The van der Waals surface area contributed by atoms with E-state index in [4.69, 9.17) is 9.47 Å². The second-order valence-corrected chi connectivity index (χ2v) is 5.04. The standard InChI is InChI=1S/C14H20N2O4/c1-19-9-10-7-12(16(17)18)4-6-14(10)15-11-3-5-13(8-11)20-2/h4,6-7,11,13,15H,3,5,8-9H2,1-2H3. The van der Waals surface area contributed by atoms with Crippen molar-refractivity contribution in [2.75, 3.05) is 19.5 Å². The van der Waals surface area contributed by atoms with E-state index >= 15 is 0 Å². The molecule has 0 amide bonds. The maximum Gasteiger partial charge on any atom is 0.269 e. The molecule has 0 spiro atoms.